The maximum atomic E-state index is 8.67. The van der Waals surface area contributed by atoms with Gasteiger partial charge in [-0.05, 0) is 24.9 Å². The van der Waals surface area contributed by atoms with Gasteiger partial charge < -0.3 is 15.8 Å². The monoisotopic (exact) mass is 274 g/mol. The predicted octanol–water partition coefficient (Wildman–Crippen LogP) is 2.94. The largest absolute Gasteiger partial charge is 0.409 e. The lowest BCUT2D eigenvalue weighted by Crippen LogP contribution is -2.12. The van der Waals surface area contributed by atoms with E-state index < -0.39 is 0 Å². The standard InChI is InChI=1S/C13H14N4OS/c1-15-10-5-3-4-6-11(10)17(2)9-7-12(19-8-9)13(14)16-18/h3-8,18H,1H2,2H3,(H2,14,16). The van der Waals surface area contributed by atoms with E-state index in [2.05, 4.69) is 16.9 Å². The van der Waals surface area contributed by atoms with Gasteiger partial charge >= 0.3 is 0 Å². The van der Waals surface area contributed by atoms with Crippen molar-refractivity contribution in [3.05, 3.63) is 40.6 Å². The number of nitrogens with two attached hydrogens (primary N) is 1. The Kier molecular flexibility index (Phi) is 3.82. The molecule has 3 N–H and O–H groups in total. The molecule has 0 saturated carbocycles. The van der Waals surface area contributed by atoms with Gasteiger partial charge in [-0.3, -0.25) is 4.99 Å². The molecule has 0 aliphatic rings. The van der Waals surface area contributed by atoms with E-state index in [0.29, 0.717) is 4.88 Å². The number of oxime groups is 1. The third-order valence-corrected chi connectivity index (χ3v) is 3.69. The molecule has 1 aromatic heterocycles. The van der Waals surface area contributed by atoms with E-state index in [1.54, 1.807) is 0 Å². The topological polar surface area (TPSA) is 74.2 Å². The van der Waals surface area contributed by atoms with Crippen LogP contribution < -0.4 is 10.6 Å². The van der Waals surface area contributed by atoms with Crippen molar-refractivity contribution in [1.29, 1.82) is 0 Å². The molecule has 1 heterocycles. The minimum Gasteiger partial charge on any atom is -0.409 e. The summed E-state index contributed by atoms with van der Waals surface area (Å²) in [6.45, 7) is 3.57. The molecule has 0 spiro atoms. The summed E-state index contributed by atoms with van der Waals surface area (Å²) < 4.78 is 0. The van der Waals surface area contributed by atoms with Gasteiger partial charge in [0.05, 0.1) is 21.9 Å². The first kappa shape index (κ1) is 13.1. The molecule has 0 amide bonds. The highest BCUT2D eigenvalue weighted by Crippen LogP contribution is 2.34. The number of hydrogen-bond acceptors (Lipinski definition) is 5. The Hall–Kier alpha value is -2.34. The van der Waals surface area contributed by atoms with Crippen LogP contribution in [0.15, 0.2) is 45.9 Å². The highest BCUT2D eigenvalue weighted by atomic mass is 32.1. The molecule has 5 nitrogen and oxygen atoms in total. The molecule has 0 atom stereocenters. The molecule has 2 aromatic rings. The predicted molar refractivity (Wildman–Crippen MR) is 80.5 cm³/mol. The normalized spacial score (nSPS) is 11.3. The second kappa shape index (κ2) is 5.53. The average molecular weight is 274 g/mol. The lowest BCUT2D eigenvalue weighted by molar-refractivity contribution is 0.319. The summed E-state index contributed by atoms with van der Waals surface area (Å²) in [5, 5.41) is 13.6. The van der Waals surface area contributed by atoms with E-state index in [9.17, 15) is 0 Å². The molecule has 2 rings (SSSR count). The van der Waals surface area contributed by atoms with Gasteiger partial charge in [0.2, 0.25) is 0 Å². The maximum absolute atomic E-state index is 8.67. The zero-order chi connectivity index (χ0) is 13.8. The molecule has 98 valence electrons. The average Bonchev–Trinajstić information content (AvgIpc) is 2.95. The van der Waals surface area contributed by atoms with Crippen molar-refractivity contribution < 1.29 is 5.21 Å². The van der Waals surface area contributed by atoms with Crippen LogP contribution in [0.25, 0.3) is 0 Å². The number of hydrogen-bond donors (Lipinski definition) is 2. The molecule has 0 radical (unpaired) electrons. The van der Waals surface area contributed by atoms with E-state index in [0.717, 1.165) is 17.1 Å². The van der Waals surface area contributed by atoms with Gasteiger partial charge in [0, 0.05) is 12.4 Å². The molecule has 0 unspecified atom stereocenters. The lowest BCUT2D eigenvalue weighted by atomic mass is 10.2. The number of nitrogens with zero attached hydrogens (tertiary/aromatic N) is 3. The fourth-order valence-corrected chi connectivity index (χ4v) is 2.53. The number of benzene rings is 1. The first-order valence-electron chi connectivity index (χ1n) is 5.53. The Morgan fingerprint density at radius 3 is 2.84 bits per heavy atom. The number of thiophene rings is 1. The molecule has 0 aliphatic heterocycles. The second-order valence-electron chi connectivity index (χ2n) is 3.86. The second-order valence-corrected chi connectivity index (χ2v) is 4.77. The van der Waals surface area contributed by atoms with E-state index in [4.69, 9.17) is 10.9 Å². The summed E-state index contributed by atoms with van der Waals surface area (Å²) in [6, 6.07) is 9.58. The van der Waals surface area contributed by atoms with Crippen molar-refractivity contribution in [1.82, 2.24) is 0 Å². The minimum absolute atomic E-state index is 0.111. The summed E-state index contributed by atoms with van der Waals surface area (Å²) in [5.74, 6) is 0.111. The summed E-state index contributed by atoms with van der Waals surface area (Å²) in [7, 11) is 1.93. The highest BCUT2D eigenvalue weighted by Gasteiger charge is 2.11. The molecule has 0 bridgehead atoms. The molecule has 0 aliphatic carbocycles. The summed E-state index contributed by atoms with van der Waals surface area (Å²) in [5.41, 5.74) is 8.27. The number of para-hydroxylation sites is 2. The van der Waals surface area contributed by atoms with Crippen molar-refractivity contribution in [2.24, 2.45) is 15.9 Å². The Balaban J connectivity index is 2.36. The minimum atomic E-state index is 0.111. The smallest absolute Gasteiger partial charge is 0.180 e. The first-order chi connectivity index (χ1) is 9.17. The van der Waals surface area contributed by atoms with Crippen LogP contribution in [0.3, 0.4) is 0 Å². The van der Waals surface area contributed by atoms with Crippen molar-refractivity contribution in [3.63, 3.8) is 0 Å². The van der Waals surface area contributed by atoms with E-state index in [1.807, 2.05) is 47.7 Å². The summed E-state index contributed by atoms with van der Waals surface area (Å²) in [4.78, 5) is 6.70. The van der Waals surface area contributed by atoms with Gasteiger partial charge in [-0.2, -0.15) is 0 Å². The van der Waals surface area contributed by atoms with Crippen LogP contribution in [-0.4, -0.2) is 24.8 Å². The molecular formula is C13H14N4OS. The summed E-state index contributed by atoms with van der Waals surface area (Å²) >= 11 is 1.41. The van der Waals surface area contributed by atoms with E-state index >= 15 is 0 Å². The Morgan fingerprint density at radius 2 is 2.16 bits per heavy atom. The first-order valence-corrected chi connectivity index (χ1v) is 6.41. The Morgan fingerprint density at radius 1 is 1.42 bits per heavy atom. The molecule has 19 heavy (non-hydrogen) atoms. The number of anilines is 2. The van der Waals surface area contributed by atoms with Gasteiger partial charge in [-0.25, -0.2) is 0 Å². The van der Waals surface area contributed by atoms with Crippen molar-refractivity contribution in [2.45, 2.75) is 0 Å². The van der Waals surface area contributed by atoms with Crippen LogP contribution in [0.2, 0.25) is 0 Å². The van der Waals surface area contributed by atoms with Crippen LogP contribution in [0, 0.1) is 0 Å². The van der Waals surface area contributed by atoms with Crippen LogP contribution in [0.5, 0.6) is 0 Å². The van der Waals surface area contributed by atoms with Crippen molar-refractivity contribution >= 4 is 41.0 Å². The lowest BCUT2D eigenvalue weighted by Gasteiger charge is -2.19. The third kappa shape index (κ3) is 2.58. The van der Waals surface area contributed by atoms with E-state index in [-0.39, 0.29) is 5.84 Å². The molecular weight excluding hydrogens is 260 g/mol. The number of rotatable bonds is 4. The Labute approximate surface area is 115 Å². The zero-order valence-corrected chi connectivity index (χ0v) is 11.3. The maximum Gasteiger partial charge on any atom is 0.180 e. The van der Waals surface area contributed by atoms with Crippen LogP contribution in [0.1, 0.15) is 4.88 Å². The third-order valence-electron chi connectivity index (χ3n) is 2.75. The molecule has 6 heteroatoms. The van der Waals surface area contributed by atoms with Gasteiger partial charge in [0.15, 0.2) is 5.84 Å². The molecule has 1 aromatic carbocycles. The quantitative estimate of drug-likeness (QED) is 0.389. The van der Waals surface area contributed by atoms with Crippen LogP contribution in [-0.2, 0) is 0 Å². The van der Waals surface area contributed by atoms with Gasteiger partial charge in [0.1, 0.15) is 0 Å². The van der Waals surface area contributed by atoms with Gasteiger partial charge in [-0.1, -0.05) is 17.3 Å². The number of amidine groups is 1. The number of aliphatic imine (C=N–C) groups is 1. The van der Waals surface area contributed by atoms with Crippen LogP contribution >= 0.6 is 11.3 Å². The molecule has 0 saturated heterocycles. The van der Waals surface area contributed by atoms with Crippen molar-refractivity contribution in [3.8, 4) is 0 Å². The Bertz CT molecular complexity index is 621. The highest BCUT2D eigenvalue weighted by molar-refractivity contribution is 7.12. The molecule has 0 fully saturated rings. The van der Waals surface area contributed by atoms with E-state index in [1.165, 1.54) is 11.3 Å². The fourth-order valence-electron chi connectivity index (χ4n) is 1.71. The van der Waals surface area contributed by atoms with Gasteiger partial charge in [-0.15, -0.1) is 11.3 Å². The zero-order valence-electron chi connectivity index (χ0n) is 10.4. The van der Waals surface area contributed by atoms with Crippen LogP contribution in [0.4, 0.5) is 17.1 Å². The fraction of sp³-hybridized carbons (Fsp3) is 0.0769. The SMILES string of the molecule is C=Nc1ccccc1N(C)c1csc(C(N)=NO)c1. The van der Waals surface area contributed by atoms with Gasteiger partial charge in [0.25, 0.3) is 0 Å². The summed E-state index contributed by atoms with van der Waals surface area (Å²) in [6.07, 6.45) is 0. The van der Waals surface area contributed by atoms with Crippen molar-refractivity contribution in [2.75, 3.05) is 11.9 Å².